The second-order valence-corrected chi connectivity index (χ2v) is 15.3. The molecule has 1 saturated heterocycles. The number of pyridine rings is 2. The first-order valence-electron chi connectivity index (χ1n) is 17.9. The monoisotopic (exact) mass is 702 g/mol. The van der Waals surface area contributed by atoms with Crippen LogP contribution in [-0.2, 0) is 10.2 Å². The van der Waals surface area contributed by atoms with Crippen LogP contribution in [0.2, 0.25) is 0 Å². The molecule has 3 aromatic heterocycles. The maximum Gasteiger partial charge on any atom is 0.251 e. The van der Waals surface area contributed by atoms with E-state index in [2.05, 4.69) is 32.4 Å². The largest absolute Gasteiger partial charge is 0.352 e. The summed E-state index contributed by atoms with van der Waals surface area (Å²) in [4.78, 5) is 44.8. The third-order valence-corrected chi connectivity index (χ3v) is 11.1. The second-order valence-electron chi connectivity index (χ2n) is 15.3. The maximum atomic E-state index is 16.2. The summed E-state index contributed by atoms with van der Waals surface area (Å²) >= 11 is 0. The van der Waals surface area contributed by atoms with Crippen LogP contribution >= 0.6 is 0 Å². The molecule has 2 aliphatic heterocycles. The summed E-state index contributed by atoms with van der Waals surface area (Å²) in [6.07, 6.45) is 6.82. The number of carbonyl (C=O) groups excluding carboxylic acids is 2. The molecule has 1 saturated carbocycles. The van der Waals surface area contributed by atoms with Gasteiger partial charge in [0, 0.05) is 35.3 Å². The molecule has 0 atom stereocenters. The van der Waals surface area contributed by atoms with Crippen LogP contribution in [0.25, 0.3) is 22.3 Å². The van der Waals surface area contributed by atoms with Gasteiger partial charge in [0.1, 0.15) is 5.52 Å². The van der Waals surface area contributed by atoms with Crippen LogP contribution in [0.3, 0.4) is 0 Å². The van der Waals surface area contributed by atoms with Crippen molar-refractivity contribution in [3.8, 4) is 11.3 Å². The molecule has 0 unspecified atom stereocenters. The number of imidazole rings is 1. The van der Waals surface area contributed by atoms with Crippen LogP contribution in [0.4, 0.5) is 30.4 Å². The Labute approximate surface area is 295 Å². The molecule has 0 bridgehead atoms. The fourth-order valence-corrected chi connectivity index (χ4v) is 8.11. The van der Waals surface area contributed by atoms with E-state index in [4.69, 9.17) is 4.98 Å². The van der Waals surface area contributed by atoms with Crippen molar-refractivity contribution >= 4 is 40.0 Å². The van der Waals surface area contributed by atoms with Crippen molar-refractivity contribution in [3.63, 3.8) is 0 Å². The lowest BCUT2D eigenvalue weighted by Crippen LogP contribution is -2.64. The molecule has 1 aromatic carbocycles. The number of benzene rings is 1. The first-order chi connectivity index (χ1) is 24.2. The van der Waals surface area contributed by atoms with Gasteiger partial charge in [-0.1, -0.05) is 6.42 Å². The summed E-state index contributed by atoms with van der Waals surface area (Å²) in [6, 6.07) is 4.36. The molecular formula is C38H45F3N8O2. The molecule has 270 valence electrons. The first-order valence-corrected chi connectivity index (χ1v) is 17.9. The molecule has 51 heavy (non-hydrogen) atoms. The lowest BCUT2D eigenvalue weighted by atomic mass is 9.71. The van der Waals surface area contributed by atoms with E-state index in [0.717, 1.165) is 25.9 Å². The number of likely N-dealkylation sites (tertiary alicyclic amines) is 1. The highest BCUT2D eigenvalue weighted by Gasteiger charge is 2.55. The van der Waals surface area contributed by atoms with Crippen LogP contribution < -0.4 is 15.5 Å². The molecule has 2 fully saturated rings. The summed E-state index contributed by atoms with van der Waals surface area (Å²) in [7, 11) is 0. The van der Waals surface area contributed by atoms with Gasteiger partial charge < -0.3 is 20.1 Å². The van der Waals surface area contributed by atoms with E-state index in [1.807, 2.05) is 18.4 Å². The molecule has 1 aliphatic carbocycles. The highest BCUT2D eigenvalue weighted by Crippen LogP contribution is 2.50. The van der Waals surface area contributed by atoms with E-state index < -0.39 is 28.9 Å². The highest BCUT2D eigenvalue weighted by atomic mass is 19.2. The number of hydrogen-bond acceptors (Lipinski definition) is 7. The number of amides is 2. The number of fused-ring (bicyclic) bond motifs is 2. The van der Waals surface area contributed by atoms with E-state index in [1.54, 1.807) is 44.1 Å². The van der Waals surface area contributed by atoms with Gasteiger partial charge in [0.25, 0.3) is 5.91 Å². The van der Waals surface area contributed by atoms with Gasteiger partial charge in [-0.15, -0.1) is 0 Å². The number of carbonyl (C=O) groups is 2. The van der Waals surface area contributed by atoms with Gasteiger partial charge >= 0.3 is 0 Å². The number of nitrogens with one attached hydrogen (secondary N) is 2. The fraction of sp³-hybridized carbons (Fsp3) is 0.500. The Morgan fingerprint density at radius 1 is 1.02 bits per heavy atom. The molecule has 2 amide bonds. The predicted octanol–water partition coefficient (Wildman–Crippen LogP) is 7.32. The Morgan fingerprint density at radius 2 is 1.73 bits per heavy atom. The van der Waals surface area contributed by atoms with Crippen LogP contribution in [0.15, 0.2) is 24.5 Å². The number of halogens is 3. The van der Waals surface area contributed by atoms with E-state index in [1.165, 1.54) is 32.3 Å². The molecule has 5 heterocycles. The van der Waals surface area contributed by atoms with Crippen molar-refractivity contribution in [2.24, 2.45) is 0 Å². The van der Waals surface area contributed by atoms with Crippen molar-refractivity contribution in [1.82, 2.24) is 29.7 Å². The average molecular weight is 703 g/mol. The topological polar surface area (TPSA) is 108 Å². The standard InChI is InChI=1S/C38H45F3N8O2/c1-8-42-35(50)23-14-26(30(40)29(39)21(23)4)45-34-31-27(43-19-48(31)20(2)3)16-25(44-34)24-15-28-32(46-33(24)41)37(5,6)36(51)49(28)22-17-38(7,18-22)47-12-10-9-11-13-47/h14-16,19-20,22H,8-13,17-18H2,1-7H3,(H,42,50)(H,44,45)/t22-,38+. The van der Waals surface area contributed by atoms with E-state index in [0.29, 0.717) is 29.0 Å². The van der Waals surface area contributed by atoms with Gasteiger partial charge in [-0.05, 0) is 105 Å². The third-order valence-electron chi connectivity index (χ3n) is 11.1. The molecule has 0 spiro atoms. The minimum atomic E-state index is -1.18. The summed E-state index contributed by atoms with van der Waals surface area (Å²) in [5.41, 5.74) is 0.529. The molecule has 7 rings (SSSR count). The van der Waals surface area contributed by atoms with Gasteiger partial charge in [0.15, 0.2) is 17.5 Å². The van der Waals surface area contributed by atoms with Crippen molar-refractivity contribution in [2.75, 3.05) is 29.9 Å². The molecule has 13 heteroatoms. The normalized spacial score (nSPS) is 21.7. The van der Waals surface area contributed by atoms with Crippen LogP contribution in [0.5, 0.6) is 0 Å². The quantitative estimate of drug-likeness (QED) is 0.185. The average Bonchev–Trinajstić information content (AvgIpc) is 3.60. The lowest BCUT2D eigenvalue weighted by molar-refractivity contribution is -0.123. The number of nitrogens with zero attached hydrogens (tertiary/aromatic N) is 6. The van der Waals surface area contributed by atoms with Crippen molar-refractivity contribution in [1.29, 1.82) is 0 Å². The number of piperidine rings is 1. The minimum absolute atomic E-state index is 0.00123. The van der Waals surface area contributed by atoms with Crippen molar-refractivity contribution < 1.29 is 22.8 Å². The minimum Gasteiger partial charge on any atom is -0.352 e. The van der Waals surface area contributed by atoms with Crippen LogP contribution in [-0.4, -0.2) is 67.4 Å². The van der Waals surface area contributed by atoms with Crippen molar-refractivity contribution in [3.05, 3.63) is 58.9 Å². The molecule has 10 nitrogen and oxygen atoms in total. The maximum absolute atomic E-state index is 16.2. The van der Waals surface area contributed by atoms with Crippen LogP contribution in [0, 0.1) is 24.5 Å². The van der Waals surface area contributed by atoms with E-state index in [9.17, 15) is 9.59 Å². The number of anilines is 3. The smallest absolute Gasteiger partial charge is 0.251 e. The Kier molecular flexibility index (Phi) is 8.63. The third kappa shape index (κ3) is 5.64. The SMILES string of the molecule is CCNC(=O)c1cc(Nc2nc(-c3cc4c(nc3F)C(C)(C)C(=O)N4[C@H]3C[C@@](C)(N4CCCCC4)C3)cc3ncn(C(C)C)c23)c(F)c(F)c1C. The molecule has 2 N–H and O–H groups in total. The first kappa shape index (κ1) is 34.9. The fourth-order valence-electron chi connectivity index (χ4n) is 8.11. The van der Waals surface area contributed by atoms with Crippen LogP contribution in [0.1, 0.15) is 101 Å². The zero-order chi connectivity index (χ0) is 36.6. The van der Waals surface area contributed by atoms with Gasteiger partial charge in [0.2, 0.25) is 11.9 Å². The Morgan fingerprint density at radius 3 is 2.39 bits per heavy atom. The van der Waals surface area contributed by atoms with Gasteiger partial charge in [0.05, 0.1) is 45.6 Å². The van der Waals surface area contributed by atoms with Gasteiger partial charge in [-0.25, -0.2) is 23.7 Å². The number of hydrogen-bond donors (Lipinski definition) is 2. The van der Waals surface area contributed by atoms with Crippen molar-refractivity contribution in [2.45, 2.75) is 104 Å². The van der Waals surface area contributed by atoms with Gasteiger partial charge in [-0.2, -0.15) is 4.39 Å². The summed E-state index contributed by atoms with van der Waals surface area (Å²) in [5, 5.41) is 5.54. The van der Waals surface area contributed by atoms with E-state index >= 15 is 13.2 Å². The molecule has 0 radical (unpaired) electrons. The number of rotatable bonds is 8. The summed E-state index contributed by atoms with van der Waals surface area (Å²) in [5.74, 6) is -3.74. The van der Waals surface area contributed by atoms with Gasteiger partial charge in [-0.3, -0.25) is 14.5 Å². The molecule has 3 aliphatic rings. The summed E-state index contributed by atoms with van der Waals surface area (Å²) < 4.78 is 48.7. The zero-order valence-corrected chi connectivity index (χ0v) is 30.3. The summed E-state index contributed by atoms with van der Waals surface area (Å²) in [6.45, 7) is 15.2. The lowest BCUT2D eigenvalue weighted by Gasteiger charge is -2.55. The molecule has 4 aromatic rings. The van der Waals surface area contributed by atoms with E-state index in [-0.39, 0.29) is 57.4 Å². The zero-order valence-electron chi connectivity index (χ0n) is 30.3. The Balaban J connectivity index is 1.32. The Bertz CT molecular complexity index is 2060. The highest BCUT2D eigenvalue weighted by molar-refractivity contribution is 6.08. The Hall–Kier alpha value is -4.52. The molecular weight excluding hydrogens is 657 g/mol. The second kappa shape index (κ2) is 12.6. The number of aromatic nitrogens is 4. The predicted molar refractivity (Wildman–Crippen MR) is 191 cm³/mol.